The first kappa shape index (κ1) is 16.7. The van der Waals surface area contributed by atoms with Crippen LogP contribution in [0.3, 0.4) is 0 Å². The van der Waals surface area contributed by atoms with Gasteiger partial charge in [0.05, 0.1) is 0 Å². The van der Waals surface area contributed by atoms with E-state index in [-0.39, 0.29) is 4.99 Å². The molecule has 0 aliphatic carbocycles. The highest BCUT2D eigenvalue weighted by molar-refractivity contribution is 7.80. The number of nitrogens with one attached hydrogen (secondary N) is 1. The fraction of sp³-hybridized carbons (Fsp3) is 0.583. The predicted octanol–water partition coefficient (Wildman–Crippen LogP) is -1.95. The molecule has 0 aromatic carbocycles. The Bertz CT molecular complexity index is 405. The minimum Gasteiger partial charge on any atom is -0.368 e. The average molecular weight is 299 g/mol. The Morgan fingerprint density at radius 3 is 2.50 bits per heavy atom. The van der Waals surface area contributed by atoms with Gasteiger partial charge in [0.25, 0.3) is 0 Å². The third kappa shape index (κ3) is 5.74. The summed E-state index contributed by atoms with van der Waals surface area (Å²) in [5.41, 5.74) is 10.4. The van der Waals surface area contributed by atoms with Crippen LogP contribution in [0.2, 0.25) is 0 Å². The molecule has 1 rings (SSSR count). The van der Waals surface area contributed by atoms with Gasteiger partial charge >= 0.3 is 0 Å². The summed E-state index contributed by atoms with van der Waals surface area (Å²) >= 11 is 4.81. The molecule has 7 nitrogen and oxygen atoms in total. The molecule has 0 saturated carbocycles. The second-order valence-electron chi connectivity index (χ2n) is 4.74. The Balaban J connectivity index is 2.30. The van der Waals surface area contributed by atoms with E-state index in [1.165, 1.54) is 6.08 Å². The number of hydrogen-bond acceptors (Lipinski definition) is 6. The maximum Gasteiger partial charge on any atom is 0.248 e. The van der Waals surface area contributed by atoms with Gasteiger partial charge in [-0.05, 0) is 7.05 Å². The Labute approximate surface area is 123 Å². The third-order valence-corrected chi connectivity index (χ3v) is 3.42. The molecule has 1 aliphatic rings. The van der Waals surface area contributed by atoms with Crippen molar-refractivity contribution in [1.82, 2.24) is 15.1 Å². The summed E-state index contributed by atoms with van der Waals surface area (Å²) in [5.74, 6) is -1.17. The zero-order valence-electron chi connectivity index (χ0n) is 11.5. The van der Waals surface area contributed by atoms with Crippen LogP contribution in [-0.4, -0.2) is 72.4 Å². The fourth-order valence-corrected chi connectivity index (χ4v) is 1.93. The first-order valence-electron chi connectivity index (χ1n) is 6.37. The molecule has 2 amide bonds. The van der Waals surface area contributed by atoms with Crippen molar-refractivity contribution in [2.24, 2.45) is 11.5 Å². The number of amides is 2. The molecule has 1 unspecified atom stereocenters. The van der Waals surface area contributed by atoms with E-state index >= 15 is 0 Å². The summed E-state index contributed by atoms with van der Waals surface area (Å²) in [6.07, 6.45) is 3.15. The van der Waals surface area contributed by atoms with Crippen molar-refractivity contribution >= 4 is 29.0 Å². The standard InChI is InChI=1S/C12H21N5O2S/c1-16-5-7-17(8-6-16)4-2-3-9(18)15-12(20)10(13)11(14)19/h2-3,10H,4-8,13H2,1H3,(H2,14,19)(H,15,18,20)/b3-2+. The Hall–Kier alpha value is -1.35. The lowest BCUT2D eigenvalue weighted by molar-refractivity contribution is -0.117. The van der Waals surface area contributed by atoms with Crippen LogP contribution in [-0.2, 0) is 9.59 Å². The molecule has 1 fully saturated rings. The van der Waals surface area contributed by atoms with Gasteiger partial charge in [-0.25, -0.2) is 0 Å². The summed E-state index contributed by atoms with van der Waals surface area (Å²) in [4.78, 5) is 26.8. The van der Waals surface area contributed by atoms with E-state index in [0.29, 0.717) is 6.54 Å². The molecule has 1 aliphatic heterocycles. The monoisotopic (exact) mass is 299 g/mol. The van der Waals surface area contributed by atoms with Gasteiger partial charge in [0.2, 0.25) is 11.8 Å². The summed E-state index contributed by atoms with van der Waals surface area (Å²) in [5, 5.41) is 2.36. The minimum atomic E-state index is -1.14. The van der Waals surface area contributed by atoms with E-state index in [1.807, 2.05) is 0 Å². The predicted molar refractivity (Wildman–Crippen MR) is 81.0 cm³/mol. The Kier molecular flexibility index (Phi) is 6.73. The molecule has 0 radical (unpaired) electrons. The van der Waals surface area contributed by atoms with Crippen molar-refractivity contribution in [2.75, 3.05) is 39.8 Å². The van der Waals surface area contributed by atoms with Crippen LogP contribution in [0.1, 0.15) is 0 Å². The number of rotatable bonds is 5. The summed E-state index contributed by atoms with van der Waals surface area (Å²) < 4.78 is 0. The highest BCUT2D eigenvalue weighted by atomic mass is 32.1. The molecular weight excluding hydrogens is 278 g/mol. The zero-order chi connectivity index (χ0) is 15.1. The number of piperazine rings is 1. The number of thiocarbonyl (C=S) groups is 1. The number of nitrogens with zero attached hydrogens (tertiary/aromatic N) is 2. The molecule has 0 spiro atoms. The maximum atomic E-state index is 11.6. The van der Waals surface area contributed by atoms with E-state index in [0.717, 1.165) is 26.2 Å². The molecule has 5 N–H and O–H groups in total. The van der Waals surface area contributed by atoms with E-state index in [9.17, 15) is 9.59 Å². The van der Waals surface area contributed by atoms with Crippen LogP contribution in [0.5, 0.6) is 0 Å². The van der Waals surface area contributed by atoms with Crippen molar-refractivity contribution < 1.29 is 9.59 Å². The van der Waals surface area contributed by atoms with Gasteiger partial charge in [0.1, 0.15) is 11.0 Å². The quantitative estimate of drug-likeness (QED) is 0.402. The minimum absolute atomic E-state index is 0.0632. The zero-order valence-corrected chi connectivity index (χ0v) is 12.4. The van der Waals surface area contributed by atoms with Gasteiger partial charge in [0.15, 0.2) is 0 Å². The lowest BCUT2D eigenvalue weighted by Gasteiger charge is -2.31. The van der Waals surface area contributed by atoms with Crippen LogP contribution in [0, 0.1) is 0 Å². The van der Waals surface area contributed by atoms with Gasteiger partial charge in [-0.1, -0.05) is 18.3 Å². The van der Waals surface area contributed by atoms with Crippen molar-refractivity contribution in [3.8, 4) is 0 Å². The molecule has 1 saturated heterocycles. The van der Waals surface area contributed by atoms with E-state index < -0.39 is 17.9 Å². The number of primary amides is 1. The van der Waals surface area contributed by atoms with Crippen molar-refractivity contribution in [1.29, 1.82) is 0 Å². The fourth-order valence-electron chi connectivity index (χ4n) is 1.71. The van der Waals surface area contributed by atoms with Crippen LogP contribution in [0.4, 0.5) is 0 Å². The molecule has 1 atom stereocenters. The lowest BCUT2D eigenvalue weighted by Crippen LogP contribution is -2.49. The molecule has 8 heteroatoms. The van der Waals surface area contributed by atoms with E-state index in [4.69, 9.17) is 23.7 Å². The largest absolute Gasteiger partial charge is 0.368 e. The normalized spacial score (nSPS) is 18.9. The molecule has 0 aromatic rings. The summed E-state index contributed by atoms with van der Waals surface area (Å²) in [6.45, 7) is 4.71. The van der Waals surface area contributed by atoms with E-state index in [1.54, 1.807) is 6.08 Å². The number of likely N-dealkylation sites (N-methyl/N-ethyl adjacent to an activating group) is 1. The van der Waals surface area contributed by atoms with Crippen LogP contribution in [0.25, 0.3) is 0 Å². The SMILES string of the molecule is CN1CCN(C/C=C/C(=O)NC(=S)C(N)C(N)=O)CC1. The second kappa shape index (κ2) is 8.05. The van der Waals surface area contributed by atoms with Crippen molar-refractivity contribution in [3.05, 3.63) is 12.2 Å². The Morgan fingerprint density at radius 2 is 1.95 bits per heavy atom. The van der Waals surface area contributed by atoms with Crippen LogP contribution >= 0.6 is 12.2 Å². The number of hydrogen-bond donors (Lipinski definition) is 3. The number of carbonyl (C=O) groups is 2. The smallest absolute Gasteiger partial charge is 0.248 e. The maximum absolute atomic E-state index is 11.6. The van der Waals surface area contributed by atoms with Gasteiger partial charge in [0, 0.05) is 38.8 Å². The van der Waals surface area contributed by atoms with E-state index in [2.05, 4.69) is 22.2 Å². The van der Waals surface area contributed by atoms with Crippen molar-refractivity contribution in [3.63, 3.8) is 0 Å². The highest BCUT2D eigenvalue weighted by Crippen LogP contribution is 1.98. The lowest BCUT2D eigenvalue weighted by atomic mass is 10.3. The topological polar surface area (TPSA) is 105 Å². The van der Waals surface area contributed by atoms with Crippen molar-refractivity contribution in [2.45, 2.75) is 6.04 Å². The van der Waals surface area contributed by atoms with Gasteiger partial charge in [-0.3, -0.25) is 14.5 Å². The van der Waals surface area contributed by atoms with Gasteiger partial charge in [-0.15, -0.1) is 0 Å². The molecule has 0 aromatic heterocycles. The second-order valence-corrected chi connectivity index (χ2v) is 5.18. The molecule has 112 valence electrons. The van der Waals surface area contributed by atoms with Gasteiger partial charge in [-0.2, -0.15) is 0 Å². The molecule has 1 heterocycles. The first-order chi connectivity index (χ1) is 9.40. The summed E-state index contributed by atoms with van der Waals surface area (Å²) in [7, 11) is 2.09. The number of carbonyl (C=O) groups excluding carboxylic acids is 2. The van der Waals surface area contributed by atoms with Gasteiger partial charge < -0.3 is 21.7 Å². The van der Waals surface area contributed by atoms with Crippen LogP contribution < -0.4 is 16.8 Å². The number of nitrogens with two attached hydrogens (primary N) is 2. The Morgan fingerprint density at radius 1 is 1.35 bits per heavy atom. The molecular formula is C12H21N5O2S. The molecule has 0 bridgehead atoms. The van der Waals surface area contributed by atoms with Crippen LogP contribution in [0.15, 0.2) is 12.2 Å². The average Bonchev–Trinajstić information content (AvgIpc) is 2.39. The summed E-state index contributed by atoms with van der Waals surface area (Å²) in [6, 6.07) is -1.14. The molecule has 20 heavy (non-hydrogen) atoms. The highest BCUT2D eigenvalue weighted by Gasteiger charge is 2.16. The third-order valence-electron chi connectivity index (χ3n) is 3.06. The first-order valence-corrected chi connectivity index (χ1v) is 6.78.